The van der Waals surface area contributed by atoms with Gasteiger partial charge in [-0.3, -0.25) is 14.9 Å². The summed E-state index contributed by atoms with van der Waals surface area (Å²) < 4.78 is 2.28. The highest BCUT2D eigenvalue weighted by Crippen LogP contribution is 2.43. The average Bonchev–Trinajstić information content (AvgIpc) is 3.15. The molecule has 3 aromatic rings. The van der Waals surface area contributed by atoms with Gasteiger partial charge in [0.15, 0.2) is 0 Å². The maximum atomic E-state index is 4.98. The van der Waals surface area contributed by atoms with Gasteiger partial charge in [0.25, 0.3) is 0 Å². The monoisotopic (exact) mass is 411 g/mol. The van der Waals surface area contributed by atoms with Crippen molar-refractivity contribution >= 4 is 12.2 Å². The Hall–Kier alpha value is -3.05. The smallest absolute Gasteiger partial charge is 0.124 e. The Bertz CT molecular complexity index is 1080. The highest BCUT2D eigenvalue weighted by molar-refractivity contribution is 5.58. The van der Waals surface area contributed by atoms with Gasteiger partial charge in [-0.1, -0.05) is 19.2 Å². The van der Waals surface area contributed by atoms with Crippen LogP contribution in [0.15, 0.2) is 56.0 Å². The van der Waals surface area contributed by atoms with E-state index in [0.717, 1.165) is 43.3 Å². The second-order valence-electron chi connectivity index (χ2n) is 8.55. The molecule has 2 aliphatic rings. The minimum atomic E-state index is 0.379. The lowest BCUT2D eigenvalue weighted by Gasteiger charge is -2.44. The van der Waals surface area contributed by atoms with Crippen molar-refractivity contribution in [3.8, 4) is 0 Å². The van der Waals surface area contributed by atoms with Crippen LogP contribution in [0.3, 0.4) is 0 Å². The van der Waals surface area contributed by atoms with Crippen LogP contribution in [-0.2, 0) is 19.5 Å². The SMILES string of the molecule is C=Cc1nc(CN2CCCC3CCc4cccnc4C32)n(Cc2ccncc2)c1C=C. The maximum absolute atomic E-state index is 4.98. The molecule has 31 heavy (non-hydrogen) atoms. The van der Waals surface area contributed by atoms with Gasteiger partial charge in [0.05, 0.1) is 29.7 Å². The van der Waals surface area contributed by atoms with Crippen molar-refractivity contribution in [3.05, 3.63) is 90.0 Å². The molecule has 0 radical (unpaired) electrons. The molecule has 0 bridgehead atoms. The molecule has 3 aromatic heterocycles. The fraction of sp³-hybridized carbons (Fsp3) is 0.346. The van der Waals surface area contributed by atoms with E-state index in [1.165, 1.54) is 36.1 Å². The van der Waals surface area contributed by atoms with Crippen LogP contribution in [0.1, 0.15) is 59.3 Å². The molecule has 0 N–H and O–H groups in total. The van der Waals surface area contributed by atoms with Gasteiger partial charge in [-0.2, -0.15) is 0 Å². The molecular formula is C26H29N5. The summed E-state index contributed by atoms with van der Waals surface area (Å²) in [7, 11) is 0. The fourth-order valence-corrected chi connectivity index (χ4v) is 5.35. The molecule has 1 aliphatic heterocycles. The van der Waals surface area contributed by atoms with E-state index >= 15 is 0 Å². The molecule has 5 rings (SSSR count). The number of hydrogen-bond donors (Lipinski definition) is 0. The Morgan fingerprint density at radius 1 is 1.03 bits per heavy atom. The van der Waals surface area contributed by atoms with E-state index in [4.69, 9.17) is 9.97 Å². The molecule has 1 aliphatic carbocycles. The van der Waals surface area contributed by atoms with E-state index in [-0.39, 0.29) is 0 Å². The summed E-state index contributed by atoms with van der Waals surface area (Å²) in [5, 5.41) is 0. The van der Waals surface area contributed by atoms with Crippen molar-refractivity contribution in [1.82, 2.24) is 24.4 Å². The number of imidazole rings is 1. The van der Waals surface area contributed by atoms with E-state index in [0.29, 0.717) is 12.0 Å². The molecular weight excluding hydrogens is 382 g/mol. The Morgan fingerprint density at radius 2 is 1.90 bits per heavy atom. The molecule has 158 valence electrons. The summed E-state index contributed by atoms with van der Waals surface area (Å²) in [5.74, 6) is 1.74. The summed E-state index contributed by atoms with van der Waals surface area (Å²) in [5.41, 5.74) is 5.81. The number of nitrogens with zero attached hydrogens (tertiary/aromatic N) is 5. The molecule has 1 fully saturated rings. The lowest BCUT2D eigenvalue weighted by atomic mass is 9.77. The highest BCUT2D eigenvalue weighted by atomic mass is 15.2. The number of hydrogen-bond acceptors (Lipinski definition) is 4. The number of aryl methyl sites for hydroxylation is 1. The van der Waals surface area contributed by atoms with E-state index in [1.807, 2.05) is 30.7 Å². The number of pyridine rings is 2. The molecule has 2 unspecified atom stereocenters. The Morgan fingerprint density at radius 3 is 2.71 bits per heavy atom. The number of aromatic nitrogens is 4. The third-order valence-corrected chi connectivity index (χ3v) is 6.79. The van der Waals surface area contributed by atoms with Gasteiger partial charge < -0.3 is 4.57 Å². The minimum absolute atomic E-state index is 0.379. The molecule has 0 spiro atoms. The zero-order valence-corrected chi connectivity index (χ0v) is 18.0. The Kier molecular flexibility index (Phi) is 5.51. The van der Waals surface area contributed by atoms with Gasteiger partial charge in [0.1, 0.15) is 5.82 Å². The van der Waals surface area contributed by atoms with Crippen LogP contribution in [0.5, 0.6) is 0 Å². The van der Waals surface area contributed by atoms with Crippen molar-refractivity contribution in [1.29, 1.82) is 0 Å². The van der Waals surface area contributed by atoms with Crippen LogP contribution in [0.4, 0.5) is 0 Å². The molecule has 0 amide bonds. The van der Waals surface area contributed by atoms with Gasteiger partial charge in [-0.15, -0.1) is 0 Å². The minimum Gasteiger partial charge on any atom is -0.322 e. The third-order valence-electron chi connectivity index (χ3n) is 6.79. The van der Waals surface area contributed by atoms with Gasteiger partial charge >= 0.3 is 0 Å². The number of piperidine rings is 1. The number of fused-ring (bicyclic) bond motifs is 3. The topological polar surface area (TPSA) is 46.8 Å². The number of likely N-dealkylation sites (tertiary alicyclic amines) is 1. The normalized spacial score (nSPS) is 20.6. The molecule has 0 aromatic carbocycles. The lowest BCUT2D eigenvalue weighted by molar-refractivity contribution is 0.0664. The average molecular weight is 412 g/mol. The lowest BCUT2D eigenvalue weighted by Crippen LogP contribution is -2.42. The zero-order chi connectivity index (χ0) is 21.2. The van der Waals surface area contributed by atoms with E-state index in [2.05, 4.69) is 51.9 Å². The summed E-state index contributed by atoms with van der Waals surface area (Å²) in [6.45, 7) is 10.7. The van der Waals surface area contributed by atoms with E-state index in [1.54, 1.807) is 0 Å². The van der Waals surface area contributed by atoms with Crippen LogP contribution < -0.4 is 0 Å². The van der Waals surface area contributed by atoms with Crippen molar-refractivity contribution in [3.63, 3.8) is 0 Å². The molecule has 0 saturated carbocycles. The first-order valence-corrected chi connectivity index (χ1v) is 11.2. The molecule has 4 heterocycles. The zero-order valence-electron chi connectivity index (χ0n) is 18.0. The van der Waals surface area contributed by atoms with Crippen molar-refractivity contribution in [2.45, 2.75) is 44.8 Å². The molecule has 5 nitrogen and oxygen atoms in total. The van der Waals surface area contributed by atoms with Crippen LogP contribution in [-0.4, -0.2) is 31.0 Å². The Balaban J connectivity index is 1.51. The molecule has 2 atom stereocenters. The maximum Gasteiger partial charge on any atom is 0.124 e. The third kappa shape index (κ3) is 3.74. The molecule has 5 heteroatoms. The fourth-order valence-electron chi connectivity index (χ4n) is 5.35. The van der Waals surface area contributed by atoms with Gasteiger partial charge in [-0.05, 0) is 79.6 Å². The van der Waals surface area contributed by atoms with Crippen molar-refractivity contribution < 1.29 is 0 Å². The first-order valence-electron chi connectivity index (χ1n) is 11.2. The number of rotatable bonds is 6. The van der Waals surface area contributed by atoms with Crippen LogP contribution in [0, 0.1) is 5.92 Å². The summed E-state index contributed by atoms with van der Waals surface area (Å²) in [4.78, 5) is 16.6. The second-order valence-corrected chi connectivity index (χ2v) is 8.55. The van der Waals surface area contributed by atoms with E-state index in [9.17, 15) is 0 Å². The second kappa shape index (κ2) is 8.60. The highest BCUT2D eigenvalue weighted by Gasteiger charge is 2.38. The van der Waals surface area contributed by atoms with Crippen LogP contribution in [0.2, 0.25) is 0 Å². The predicted octanol–water partition coefficient (Wildman–Crippen LogP) is 4.91. The van der Waals surface area contributed by atoms with Crippen LogP contribution >= 0.6 is 0 Å². The van der Waals surface area contributed by atoms with Crippen molar-refractivity contribution in [2.75, 3.05) is 6.54 Å². The van der Waals surface area contributed by atoms with Crippen LogP contribution in [0.25, 0.3) is 12.2 Å². The summed E-state index contributed by atoms with van der Waals surface area (Å²) in [6.07, 6.45) is 14.3. The first kappa shape index (κ1) is 19.9. The summed E-state index contributed by atoms with van der Waals surface area (Å²) in [6, 6.07) is 8.82. The van der Waals surface area contributed by atoms with Gasteiger partial charge in [0, 0.05) is 25.1 Å². The van der Waals surface area contributed by atoms with Crippen molar-refractivity contribution in [2.24, 2.45) is 5.92 Å². The quantitative estimate of drug-likeness (QED) is 0.578. The van der Waals surface area contributed by atoms with E-state index < -0.39 is 0 Å². The Labute approximate surface area is 184 Å². The predicted molar refractivity (Wildman–Crippen MR) is 124 cm³/mol. The summed E-state index contributed by atoms with van der Waals surface area (Å²) >= 11 is 0. The van der Waals surface area contributed by atoms with Gasteiger partial charge in [0.2, 0.25) is 0 Å². The van der Waals surface area contributed by atoms with Gasteiger partial charge in [-0.25, -0.2) is 4.98 Å². The largest absolute Gasteiger partial charge is 0.322 e. The standard InChI is InChI=1S/C26H29N5/c1-3-22-23(4-2)31(17-19-11-14-27-15-12-19)24(29-22)18-30-16-6-8-21-10-9-20-7-5-13-28-25(20)26(21)30/h3-5,7,11-15,21,26H,1-2,6,8-10,16-18H2. The first-order chi connectivity index (χ1) is 15.3. The molecule has 1 saturated heterocycles.